The van der Waals surface area contributed by atoms with Gasteiger partial charge < -0.3 is 10.2 Å². The summed E-state index contributed by atoms with van der Waals surface area (Å²) < 4.78 is 28.7. The van der Waals surface area contributed by atoms with Gasteiger partial charge in [-0.2, -0.15) is 0 Å². The second kappa shape index (κ2) is 12.9. The number of halogens is 2. The fourth-order valence-electron chi connectivity index (χ4n) is 3.88. The summed E-state index contributed by atoms with van der Waals surface area (Å²) in [4.78, 5) is 28.3. The zero-order valence-corrected chi connectivity index (χ0v) is 24.9. The van der Waals surface area contributed by atoms with Crippen molar-refractivity contribution in [2.24, 2.45) is 0 Å². The third kappa shape index (κ3) is 7.75. The van der Waals surface area contributed by atoms with E-state index >= 15 is 0 Å². The second-order valence-electron chi connectivity index (χ2n) is 9.77. The maximum absolute atomic E-state index is 13.9. The van der Waals surface area contributed by atoms with E-state index in [-0.39, 0.29) is 39.1 Å². The van der Waals surface area contributed by atoms with Gasteiger partial charge in [0.05, 0.1) is 20.6 Å². The van der Waals surface area contributed by atoms with E-state index in [4.69, 9.17) is 23.2 Å². The number of carbonyl (C=O) groups is 2. The average Bonchev–Trinajstić information content (AvgIpc) is 2.88. The van der Waals surface area contributed by atoms with E-state index < -0.39 is 28.5 Å². The fourth-order valence-corrected chi connectivity index (χ4v) is 5.58. The number of anilines is 1. The Morgan fingerprint density at radius 2 is 1.41 bits per heavy atom. The Bertz CT molecular complexity index is 1430. The molecule has 0 aliphatic heterocycles. The standard InChI is InChI=1S/C29H33Cl2N3O4S/c1-19(2)32-29(36)22(5)33(17-23-10-6-20(3)7-11-23)28(35)18-34(24-12-15-26(30)27(31)16-24)39(37,38)25-13-8-21(4)9-14-25/h6-16,19,22H,17-18H2,1-5H3,(H,32,36)/t22-/m1/s1. The van der Waals surface area contributed by atoms with Crippen LogP contribution in [-0.2, 0) is 26.2 Å². The predicted octanol–water partition coefficient (Wildman–Crippen LogP) is 5.75. The molecule has 3 rings (SSSR count). The maximum Gasteiger partial charge on any atom is 0.264 e. The van der Waals surface area contributed by atoms with Gasteiger partial charge in [0, 0.05) is 12.6 Å². The van der Waals surface area contributed by atoms with Gasteiger partial charge in [0.15, 0.2) is 0 Å². The van der Waals surface area contributed by atoms with E-state index in [1.807, 2.05) is 52.0 Å². The number of nitrogens with zero attached hydrogens (tertiary/aromatic N) is 2. The van der Waals surface area contributed by atoms with Gasteiger partial charge in [0.2, 0.25) is 11.8 Å². The van der Waals surface area contributed by atoms with Gasteiger partial charge in [0.1, 0.15) is 12.6 Å². The third-order valence-corrected chi connectivity index (χ3v) is 8.68. The molecule has 1 atom stereocenters. The largest absolute Gasteiger partial charge is 0.352 e. The topological polar surface area (TPSA) is 86.8 Å². The Morgan fingerprint density at radius 3 is 1.95 bits per heavy atom. The summed E-state index contributed by atoms with van der Waals surface area (Å²) in [6.45, 7) is 8.65. The molecule has 39 heavy (non-hydrogen) atoms. The van der Waals surface area contributed by atoms with Gasteiger partial charge in [-0.1, -0.05) is 70.7 Å². The molecule has 0 aliphatic carbocycles. The van der Waals surface area contributed by atoms with Gasteiger partial charge in [-0.3, -0.25) is 13.9 Å². The predicted molar refractivity (Wildman–Crippen MR) is 157 cm³/mol. The van der Waals surface area contributed by atoms with Crippen LogP contribution in [0.5, 0.6) is 0 Å². The minimum absolute atomic E-state index is 0.0163. The highest BCUT2D eigenvalue weighted by Gasteiger charge is 2.33. The Morgan fingerprint density at radius 1 is 0.846 bits per heavy atom. The lowest BCUT2D eigenvalue weighted by Crippen LogP contribution is -2.52. The molecule has 0 aliphatic rings. The molecule has 0 saturated heterocycles. The highest BCUT2D eigenvalue weighted by atomic mass is 35.5. The van der Waals surface area contributed by atoms with Crippen LogP contribution in [0.1, 0.15) is 37.5 Å². The van der Waals surface area contributed by atoms with Crippen molar-refractivity contribution in [2.75, 3.05) is 10.8 Å². The van der Waals surface area contributed by atoms with Crippen LogP contribution in [0.25, 0.3) is 0 Å². The quantitative estimate of drug-likeness (QED) is 0.326. The number of sulfonamides is 1. The molecule has 3 aromatic rings. The molecule has 3 aromatic carbocycles. The van der Waals surface area contributed by atoms with E-state index in [9.17, 15) is 18.0 Å². The first-order chi connectivity index (χ1) is 18.3. The van der Waals surface area contributed by atoms with Crippen molar-refractivity contribution in [3.05, 3.63) is 93.5 Å². The van der Waals surface area contributed by atoms with Crippen molar-refractivity contribution in [1.29, 1.82) is 0 Å². The van der Waals surface area contributed by atoms with Gasteiger partial charge >= 0.3 is 0 Å². The minimum Gasteiger partial charge on any atom is -0.352 e. The van der Waals surface area contributed by atoms with Crippen LogP contribution in [0.15, 0.2) is 71.6 Å². The zero-order valence-electron chi connectivity index (χ0n) is 22.6. The summed E-state index contributed by atoms with van der Waals surface area (Å²) in [6, 6.07) is 17.3. The van der Waals surface area contributed by atoms with Crippen LogP contribution in [0.2, 0.25) is 10.0 Å². The van der Waals surface area contributed by atoms with Crippen LogP contribution in [0, 0.1) is 13.8 Å². The van der Waals surface area contributed by atoms with E-state index in [1.165, 1.54) is 35.2 Å². The van der Waals surface area contributed by atoms with Crippen LogP contribution in [-0.4, -0.2) is 43.8 Å². The molecule has 0 aromatic heterocycles. The van der Waals surface area contributed by atoms with E-state index in [0.29, 0.717) is 0 Å². The fraction of sp³-hybridized carbons (Fsp3) is 0.310. The normalized spacial score (nSPS) is 12.2. The van der Waals surface area contributed by atoms with Crippen LogP contribution >= 0.6 is 23.2 Å². The van der Waals surface area contributed by atoms with Crippen LogP contribution < -0.4 is 9.62 Å². The van der Waals surface area contributed by atoms with Crippen molar-refractivity contribution in [1.82, 2.24) is 10.2 Å². The first-order valence-corrected chi connectivity index (χ1v) is 14.7. The summed E-state index contributed by atoms with van der Waals surface area (Å²) in [5.74, 6) is -0.892. The van der Waals surface area contributed by atoms with E-state index in [1.54, 1.807) is 19.1 Å². The molecule has 10 heteroatoms. The van der Waals surface area contributed by atoms with E-state index in [2.05, 4.69) is 5.32 Å². The van der Waals surface area contributed by atoms with E-state index in [0.717, 1.165) is 21.0 Å². The zero-order chi connectivity index (χ0) is 28.9. The first-order valence-electron chi connectivity index (χ1n) is 12.5. The molecular formula is C29H33Cl2N3O4S. The molecule has 0 heterocycles. The number of nitrogens with one attached hydrogen (secondary N) is 1. The Balaban J connectivity index is 2.05. The average molecular weight is 591 g/mol. The number of rotatable bonds is 10. The highest BCUT2D eigenvalue weighted by Crippen LogP contribution is 2.31. The van der Waals surface area contributed by atoms with Gasteiger partial charge in [-0.25, -0.2) is 8.42 Å². The van der Waals surface area contributed by atoms with Crippen molar-refractivity contribution in [3.8, 4) is 0 Å². The summed E-state index contributed by atoms with van der Waals surface area (Å²) >= 11 is 12.3. The lowest BCUT2D eigenvalue weighted by atomic mass is 10.1. The molecule has 2 amide bonds. The Hall–Kier alpha value is -3.07. The lowest BCUT2D eigenvalue weighted by molar-refractivity contribution is -0.139. The van der Waals surface area contributed by atoms with Crippen molar-refractivity contribution >= 4 is 50.7 Å². The molecule has 0 bridgehead atoms. The highest BCUT2D eigenvalue weighted by molar-refractivity contribution is 7.92. The SMILES string of the molecule is Cc1ccc(CN(C(=O)CN(c2ccc(Cl)c(Cl)c2)S(=O)(=O)c2ccc(C)cc2)[C@H](C)C(=O)NC(C)C)cc1. The Labute approximate surface area is 240 Å². The van der Waals surface area contributed by atoms with Gasteiger partial charge in [0.25, 0.3) is 10.0 Å². The minimum atomic E-state index is -4.19. The molecule has 7 nitrogen and oxygen atoms in total. The number of aryl methyl sites for hydroxylation is 2. The summed E-state index contributed by atoms with van der Waals surface area (Å²) in [5, 5.41) is 3.23. The molecule has 0 fully saturated rings. The van der Waals surface area contributed by atoms with Crippen LogP contribution in [0.4, 0.5) is 5.69 Å². The molecule has 208 valence electrons. The first kappa shape index (κ1) is 30.5. The molecule has 1 N–H and O–H groups in total. The molecule has 0 saturated carbocycles. The number of carbonyl (C=O) groups excluding carboxylic acids is 2. The summed E-state index contributed by atoms with van der Waals surface area (Å²) in [5.41, 5.74) is 2.92. The van der Waals surface area contributed by atoms with Crippen molar-refractivity contribution in [3.63, 3.8) is 0 Å². The lowest BCUT2D eigenvalue weighted by Gasteiger charge is -2.32. The molecule has 0 unspecified atom stereocenters. The molecular weight excluding hydrogens is 557 g/mol. The summed E-state index contributed by atoms with van der Waals surface area (Å²) in [7, 11) is -4.19. The maximum atomic E-state index is 13.9. The van der Waals surface area contributed by atoms with Gasteiger partial charge in [-0.05, 0) is 70.5 Å². The number of amides is 2. The van der Waals surface area contributed by atoms with Gasteiger partial charge in [-0.15, -0.1) is 0 Å². The smallest absolute Gasteiger partial charge is 0.264 e. The summed E-state index contributed by atoms with van der Waals surface area (Å²) in [6.07, 6.45) is 0. The monoisotopic (exact) mass is 589 g/mol. The molecule has 0 radical (unpaired) electrons. The van der Waals surface area contributed by atoms with Crippen LogP contribution in [0.3, 0.4) is 0 Å². The molecule has 0 spiro atoms. The second-order valence-corrected chi connectivity index (χ2v) is 12.4. The Kier molecular flexibility index (Phi) is 10.0. The third-order valence-electron chi connectivity index (χ3n) is 6.15. The number of hydrogen-bond acceptors (Lipinski definition) is 4. The van der Waals surface area contributed by atoms with Crippen molar-refractivity contribution < 1.29 is 18.0 Å². The number of hydrogen-bond donors (Lipinski definition) is 1. The number of benzene rings is 3. The van der Waals surface area contributed by atoms with Crippen molar-refractivity contribution in [2.45, 2.75) is 58.1 Å².